The number of benzene rings is 1. The molecule has 1 aliphatic rings. The van der Waals surface area contributed by atoms with Gasteiger partial charge in [0, 0.05) is 18.7 Å². The number of carbonyl (C=O) groups excluding carboxylic acids is 1. The Kier molecular flexibility index (Phi) is 4.93. The molecule has 3 rings (SSSR count). The number of carbonyl (C=O) groups is 1. The Bertz CT molecular complexity index is 871. The summed E-state index contributed by atoms with van der Waals surface area (Å²) >= 11 is 0. The fourth-order valence-corrected chi connectivity index (χ4v) is 4.21. The fourth-order valence-electron chi connectivity index (χ4n) is 2.54. The van der Waals surface area contributed by atoms with Crippen LogP contribution in [0.25, 0.3) is 0 Å². The van der Waals surface area contributed by atoms with Crippen LogP contribution in [-0.2, 0) is 16.4 Å². The molecule has 1 aromatic carbocycles. The zero-order valence-corrected chi connectivity index (χ0v) is 14.1. The van der Waals surface area contributed by atoms with Crippen molar-refractivity contribution in [2.45, 2.75) is 19.0 Å². The third-order valence-corrected chi connectivity index (χ3v) is 5.62. The number of rotatable bonds is 5. The highest BCUT2D eigenvalue weighted by atomic mass is 32.2. The minimum absolute atomic E-state index is 0.0422. The maximum atomic E-state index is 12.9. The van der Waals surface area contributed by atoms with E-state index in [9.17, 15) is 17.6 Å². The van der Waals surface area contributed by atoms with Crippen LogP contribution in [0.3, 0.4) is 0 Å². The fraction of sp³-hybridized carbons (Fsp3) is 0.312. The molecule has 9 heteroatoms. The molecule has 25 heavy (non-hydrogen) atoms. The van der Waals surface area contributed by atoms with E-state index in [0.717, 1.165) is 5.56 Å². The number of amides is 1. The van der Waals surface area contributed by atoms with E-state index in [4.69, 9.17) is 0 Å². The van der Waals surface area contributed by atoms with Gasteiger partial charge in [0.2, 0.25) is 0 Å². The average molecular weight is 364 g/mol. The van der Waals surface area contributed by atoms with Gasteiger partial charge in [-0.1, -0.05) is 12.1 Å². The number of hydrogen-bond acceptors (Lipinski definition) is 6. The molecule has 2 N–H and O–H groups in total. The van der Waals surface area contributed by atoms with Crippen LogP contribution in [0.5, 0.6) is 0 Å². The lowest BCUT2D eigenvalue weighted by Gasteiger charge is -2.11. The molecular weight excluding hydrogens is 347 g/mol. The molecule has 1 saturated heterocycles. The van der Waals surface area contributed by atoms with Gasteiger partial charge >= 0.3 is 0 Å². The summed E-state index contributed by atoms with van der Waals surface area (Å²) in [6.07, 6.45) is 1.67. The molecule has 7 nitrogen and oxygen atoms in total. The summed E-state index contributed by atoms with van der Waals surface area (Å²) in [5.41, 5.74) is 1.02. The number of aromatic nitrogens is 2. The van der Waals surface area contributed by atoms with Gasteiger partial charge in [0.05, 0.1) is 11.5 Å². The van der Waals surface area contributed by atoms with Crippen molar-refractivity contribution in [3.63, 3.8) is 0 Å². The Hall–Kier alpha value is -2.55. The highest BCUT2D eigenvalue weighted by Gasteiger charge is 2.29. The molecule has 1 amide bonds. The zero-order chi connectivity index (χ0) is 17.9. The number of nitrogens with zero attached hydrogens (tertiary/aromatic N) is 2. The average Bonchev–Trinajstić information content (AvgIpc) is 2.93. The van der Waals surface area contributed by atoms with Crippen LogP contribution in [-0.4, -0.2) is 41.8 Å². The van der Waals surface area contributed by atoms with Crippen molar-refractivity contribution in [2.75, 3.05) is 16.8 Å². The van der Waals surface area contributed by atoms with Crippen LogP contribution >= 0.6 is 0 Å². The van der Waals surface area contributed by atoms with Crippen LogP contribution in [0, 0.1) is 5.82 Å². The van der Waals surface area contributed by atoms with E-state index in [1.807, 2.05) is 0 Å². The van der Waals surface area contributed by atoms with E-state index in [2.05, 4.69) is 20.6 Å². The summed E-state index contributed by atoms with van der Waals surface area (Å²) in [6, 6.07) is 7.14. The Morgan fingerprint density at radius 3 is 2.68 bits per heavy atom. The van der Waals surface area contributed by atoms with Gasteiger partial charge in [0.25, 0.3) is 5.91 Å². The van der Waals surface area contributed by atoms with Gasteiger partial charge in [-0.2, -0.15) is 0 Å². The van der Waals surface area contributed by atoms with Gasteiger partial charge in [0.15, 0.2) is 9.84 Å². The molecule has 1 fully saturated rings. The van der Waals surface area contributed by atoms with Gasteiger partial charge in [-0.25, -0.2) is 22.8 Å². The molecule has 1 aliphatic heterocycles. The third-order valence-electron chi connectivity index (χ3n) is 3.85. The quantitative estimate of drug-likeness (QED) is 0.825. The summed E-state index contributed by atoms with van der Waals surface area (Å²) in [7, 11) is -3.06. The summed E-state index contributed by atoms with van der Waals surface area (Å²) in [5, 5.41) is 5.71. The van der Waals surface area contributed by atoms with Crippen molar-refractivity contribution < 1.29 is 17.6 Å². The Balaban J connectivity index is 1.60. The molecule has 0 saturated carbocycles. The summed E-state index contributed by atoms with van der Waals surface area (Å²) in [4.78, 5) is 20.2. The molecule has 2 heterocycles. The first-order chi connectivity index (χ1) is 11.9. The van der Waals surface area contributed by atoms with Crippen LogP contribution < -0.4 is 10.6 Å². The van der Waals surface area contributed by atoms with Crippen molar-refractivity contribution in [2.24, 2.45) is 0 Å². The predicted octanol–water partition coefficient (Wildman–Crippen LogP) is 1.14. The van der Waals surface area contributed by atoms with Crippen molar-refractivity contribution in [3.05, 3.63) is 53.7 Å². The third kappa shape index (κ3) is 4.72. The van der Waals surface area contributed by atoms with Gasteiger partial charge in [0.1, 0.15) is 23.7 Å². The molecule has 0 radical (unpaired) electrons. The van der Waals surface area contributed by atoms with E-state index >= 15 is 0 Å². The first-order valence-electron chi connectivity index (χ1n) is 7.73. The summed E-state index contributed by atoms with van der Waals surface area (Å²) in [5.74, 6) is -0.248. The molecule has 1 atom stereocenters. The van der Waals surface area contributed by atoms with Crippen LogP contribution in [0.15, 0.2) is 36.7 Å². The van der Waals surface area contributed by atoms with Crippen molar-refractivity contribution in [1.82, 2.24) is 15.3 Å². The number of anilines is 1. The minimum atomic E-state index is -3.06. The summed E-state index contributed by atoms with van der Waals surface area (Å²) < 4.78 is 35.8. The highest BCUT2D eigenvalue weighted by molar-refractivity contribution is 7.91. The van der Waals surface area contributed by atoms with E-state index in [1.165, 1.54) is 24.5 Å². The molecular formula is C16H17FN4O3S. The molecule has 2 aromatic rings. The van der Waals surface area contributed by atoms with Crippen molar-refractivity contribution in [3.8, 4) is 0 Å². The van der Waals surface area contributed by atoms with E-state index in [-0.39, 0.29) is 29.1 Å². The topological polar surface area (TPSA) is 101 Å². The Morgan fingerprint density at radius 2 is 2.00 bits per heavy atom. The number of halogens is 1. The van der Waals surface area contributed by atoms with Gasteiger partial charge < -0.3 is 10.6 Å². The van der Waals surface area contributed by atoms with Gasteiger partial charge in [-0.05, 0) is 24.1 Å². The lowest BCUT2D eigenvalue weighted by molar-refractivity contribution is 0.0936. The second kappa shape index (κ2) is 7.14. The second-order valence-electron chi connectivity index (χ2n) is 5.84. The molecule has 1 aromatic heterocycles. The maximum absolute atomic E-state index is 12.9. The molecule has 0 bridgehead atoms. The smallest absolute Gasteiger partial charge is 0.270 e. The predicted molar refractivity (Wildman–Crippen MR) is 90.3 cm³/mol. The monoisotopic (exact) mass is 364 g/mol. The van der Waals surface area contributed by atoms with Crippen LogP contribution in [0.4, 0.5) is 10.2 Å². The van der Waals surface area contributed by atoms with Crippen LogP contribution in [0.1, 0.15) is 22.5 Å². The first-order valence-corrected chi connectivity index (χ1v) is 9.55. The standard InChI is InChI=1S/C16H17FN4O3S/c17-12-3-1-11(2-4-12)8-18-15-7-14(19-10-20-15)16(22)21-13-5-6-25(23,24)9-13/h1-4,7,10,13H,5-6,8-9H2,(H,21,22)(H,18,19,20). The zero-order valence-electron chi connectivity index (χ0n) is 13.3. The molecule has 0 spiro atoms. The summed E-state index contributed by atoms with van der Waals surface area (Å²) in [6.45, 7) is 0.416. The Labute approximate surface area is 144 Å². The van der Waals surface area contributed by atoms with Gasteiger partial charge in [-0.3, -0.25) is 4.79 Å². The second-order valence-corrected chi connectivity index (χ2v) is 8.07. The lowest BCUT2D eigenvalue weighted by atomic mass is 10.2. The van der Waals surface area contributed by atoms with E-state index in [0.29, 0.717) is 18.8 Å². The van der Waals surface area contributed by atoms with Gasteiger partial charge in [-0.15, -0.1) is 0 Å². The number of nitrogens with one attached hydrogen (secondary N) is 2. The van der Waals surface area contributed by atoms with E-state index < -0.39 is 15.7 Å². The highest BCUT2D eigenvalue weighted by Crippen LogP contribution is 2.13. The van der Waals surface area contributed by atoms with Crippen LogP contribution in [0.2, 0.25) is 0 Å². The SMILES string of the molecule is O=C(NC1CCS(=O)(=O)C1)c1cc(NCc2ccc(F)cc2)ncn1. The Morgan fingerprint density at radius 1 is 1.24 bits per heavy atom. The molecule has 1 unspecified atom stereocenters. The number of sulfone groups is 1. The minimum Gasteiger partial charge on any atom is -0.366 e. The van der Waals surface area contributed by atoms with Crippen molar-refractivity contribution in [1.29, 1.82) is 0 Å². The largest absolute Gasteiger partial charge is 0.366 e. The van der Waals surface area contributed by atoms with Crippen molar-refractivity contribution >= 4 is 21.6 Å². The number of hydrogen-bond donors (Lipinski definition) is 2. The lowest BCUT2D eigenvalue weighted by Crippen LogP contribution is -2.36. The normalized spacial score (nSPS) is 18.7. The van der Waals surface area contributed by atoms with E-state index in [1.54, 1.807) is 12.1 Å². The molecule has 0 aliphatic carbocycles. The maximum Gasteiger partial charge on any atom is 0.270 e. The first kappa shape index (κ1) is 17.3. The molecule has 132 valence electrons.